The first-order valence-corrected chi connectivity index (χ1v) is 10.8. The first-order valence-electron chi connectivity index (χ1n) is 10.8. The summed E-state index contributed by atoms with van der Waals surface area (Å²) in [4.78, 5) is 22.6. The second kappa shape index (κ2) is 7.20. The van der Waals surface area contributed by atoms with E-state index >= 15 is 4.39 Å². The lowest BCUT2D eigenvalue weighted by Gasteiger charge is -2.36. The fourth-order valence-electron chi connectivity index (χ4n) is 5.00. The molecule has 3 atom stereocenters. The number of nitrogens with two attached hydrogens (primary N) is 1. The quantitative estimate of drug-likeness (QED) is 0.432. The summed E-state index contributed by atoms with van der Waals surface area (Å²) in [5, 5.41) is 3.44. The number of aromatic nitrogens is 5. The lowest BCUT2D eigenvalue weighted by Crippen LogP contribution is -2.46. The van der Waals surface area contributed by atoms with E-state index in [4.69, 9.17) is 10.5 Å². The van der Waals surface area contributed by atoms with Gasteiger partial charge in [0.15, 0.2) is 17.4 Å². The van der Waals surface area contributed by atoms with Crippen LogP contribution in [-0.4, -0.2) is 51.1 Å². The largest absolute Gasteiger partial charge is 0.421 e. The van der Waals surface area contributed by atoms with E-state index in [-0.39, 0.29) is 17.4 Å². The first kappa shape index (κ1) is 20.0. The number of benzene rings is 1. The summed E-state index contributed by atoms with van der Waals surface area (Å²) in [6, 6.07) is 1.33. The van der Waals surface area contributed by atoms with Crippen molar-refractivity contribution in [3.8, 4) is 11.8 Å². The number of nitrogens with zero attached hydrogens (tertiary/aromatic N) is 5. The molecule has 0 bridgehead atoms. The number of halogens is 2. The number of ether oxygens (including phenoxy) is 1. The highest BCUT2D eigenvalue weighted by molar-refractivity contribution is 6.15. The number of hydrogen-bond donors (Lipinski definition) is 3. The van der Waals surface area contributed by atoms with Gasteiger partial charge in [0, 0.05) is 32.2 Å². The van der Waals surface area contributed by atoms with Crippen LogP contribution in [0.1, 0.15) is 12.2 Å². The Hall–Kier alpha value is -3.60. The van der Waals surface area contributed by atoms with Crippen molar-refractivity contribution >= 4 is 33.4 Å². The summed E-state index contributed by atoms with van der Waals surface area (Å²) < 4.78 is 35.4. The average molecular weight is 452 g/mol. The van der Waals surface area contributed by atoms with Gasteiger partial charge in [-0.25, -0.2) is 18.7 Å². The number of anilines is 2. The van der Waals surface area contributed by atoms with Crippen LogP contribution in [0.4, 0.5) is 20.3 Å². The molecule has 1 saturated heterocycles. The van der Waals surface area contributed by atoms with Crippen molar-refractivity contribution in [1.82, 2.24) is 24.9 Å². The third-order valence-corrected chi connectivity index (χ3v) is 6.73. The second-order valence-corrected chi connectivity index (χ2v) is 8.69. The zero-order valence-corrected chi connectivity index (χ0v) is 18.1. The number of hydrogen-bond acceptors (Lipinski definition) is 8. The maximum atomic E-state index is 15.1. The molecular weight excluding hydrogens is 430 g/mol. The van der Waals surface area contributed by atoms with Crippen molar-refractivity contribution in [3.63, 3.8) is 0 Å². The maximum absolute atomic E-state index is 15.1. The second-order valence-electron chi connectivity index (χ2n) is 8.69. The Kier molecular flexibility index (Phi) is 4.37. The Balaban J connectivity index is 1.56. The van der Waals surface area contributed by atoms with Crippen LogP contribution in [0.15, 0.2) is 18.5 Å². The highest BCUT2D eigenvalue weighted by Gasteiger charge is 2.46. The van der Waals surface area contributed by atoms with Crippen molar-refractivity contribution in [2.75, 3.05) is 30.4 Å². The lowest BCUT2D eigenvalue weighted by molar-refractivity contribution is 0.194. The molecule has 33 heavy (non-hydrogen) atoms. The van der Waals surface area contributed by atoms with E-state index in [0.29, 0.717) is 58.0 Å². The van der Waals surface area contributed by atoms with E-state index in [1.807, 2.05) is 0 Å². The van der Waals surface area contributed by atoms with Gasteiger partial charge < -0.3 is 25.7 Å². The predicted octanol–water partition coefficient (Wildman–Crippen LogP) is 3.11. The standard InChI is InChI=1S/C22H22F2N8O/c1-9-27-5-11(6-28-9)33-22-30-20-17(16-18(24)13(23)4-15(26-2)19(16)29-20)21(31-22)32-7-10-3-14(25)12(10)8-32/h4-6,10,12,14,26H,3,7-8,25H2,1-2H3,(H,29,30,31)/t10?,12?,14-/m0/s1. The minimum atomic E-state index is -0.945. The molecule has 1 aromatic carbocycles. The number of fused-ring (bicyclic) bond motifs is 4. The number of nitrogens with one attached hydrogen (secondary N) is 2. The van der Waals surface area contributed by atoms with Crippen LogP contribution in [0.3, 0.4) is 0 Å². The predicted molar refractivity (Wildman–Crippen MR) is 119 cm³/mol. The van der Waals surface area contributed by atoms with Crippen LogP contribution in [0, 0.1) is 30.4 Å². The van der Waals surface area contributed by atoms with Crippen LogP contribution in [-0.2, 0) is 0 Å². The Morgan fingerprint density at radius 2 is 1.97 bits per heavy atom. The fraction of sp³-hybridized carbons (Fsp3) is 0.364. The van der Waals surface area contributed by atoms with Gasteiger partial charge in [0.25, 0.3) is 0 Å². The van der Waals surface area contributed by atoms with Crippen molar-refractivity contribution in [2.24, 2.45) is 17.6 Å². The molecule has 6 rings (SSSR count). The Morgan fingerprint density at radius 1 is 1.18 bits per heavy atom. The van der Waals surface area contributed by atoms with Crippen LogP contribution >= 0.6 is 0 Å². The smallest absolute Gasteiger partial charge is 0.326 e. The number of rotatable bonds is 4. The average Bonchev–Trinajstić information content (AvgIpc) is 3.35. The van der Waals surface area contributed by atoms with E-state index in [9.17, 15) is 4.39 Å². The van der Waals surface area contributed by atoms with Gasteiger partial charge in [-0.15, -0.1) is 0 Å². The van der Waals surface area contributed by atoms with Gasteiger partial charge in [0.05, 0.1) is 34.4 Å². The molecule has 11 heteroatoms. The molecule has 4 N–H and O–H groups in total. The third-order valence-electron chi connectivity index (χ3n) is 6.73. The molecule has 1 aliphatic carbocycles. The van der Waals surface area contributed by atoms with Gasteiger partial charge in [-0.2, -0.15) is 9.97 Å². The number of aryl methyl sites for hydroxylation is 1. The van der Waals surface area contributed by atoms with E-state index in [0.717, 1.165) is 19.0 Å². The number of H-pyrrole nitrogens is 1. The summed E-state index contributed by atoms with van der Waals surface area (Å²) in [6.45, 7) is 3.20. The molecule has 1 saturated carbocycles. The summed E-state index contributed by atoms with van der Waals surface area (Å²) in [7, 11) is 1.65. The minimum absolute atomic E-state index is 0.0620. The summed E-state index contributed by atoms with van der Waals surface area (Å²) in [6.07, 6.45) is 4.01. The van der Waals surface area contributed by atoms with Gasteiger partial charge in [-0.05, 0) is 25.2 Å². The molecule has 1 aliphatic heterocycles. The fourth-order valence-corrected chi connectivity index (χ4v) is 5.00. The van der Waals surface area contributed by atoms with Gasteiger partial charge in [0.2, 0.25) is 0 Å². The topological polar surface area (TPSA) is 118 Å². The molecule has 2 aliphatic rings. The Labute approximate surface area is 187 Å². The van der Waals surface area contributed by atoms with E-state index in [1.165, 1.54) is 12.4 Å². The summed E-state index contributed by atoms with van der Waals surface area (Å²) >= 11 is 0. The minimum Gasteiger partial charge on any atom is -0.421 e. The lowest BCUT2D eigenvalue weighted by atomic mass is 9.72. The first-order chi connectivity index (χ1) is 15.9. The normalized spacial score (nSPS) is 22.0. The van der Waals surface area contributed by atoms with Crippen molar-refractivity contribution in [2.45, 2.75) is 19.4 Å². The van der Waals surface area contributed by atoms with Crippen LogP contribution in [0.2, 0.25) is 0 Å². The molecule has 170 valence electrons. The van der Waals surface area contributed by atoms with Crippen LogP contribution in [0.5, 0.6) is 11.8 Å². The maximum Gasteiger partial charge on any atom is 0.326 e. The summed E-state index contributed by atoms with van der Waals surface area (Å²) in [5.41, 5.74) is 7.38. The molecule has 2 unspecified atom stereocenters. The van der Waals surface area contributed by atoms with Crippen molar-refractivity contribution < 1.29 is 13.5 Å². The van der Waals surface area contributed by atoms with Crippen LogP contribution in [0.25, 0.3) is 21.9 Å². The Morgan fingerprint density at radius 3 is 2.67 bits per heavy atom. The monoisotopic (exact) mass is 452 g/mol. The van der Waals surface area contributed by atoms with E-state index < -0.39 is 11.6 Å². The highest BCUT2D eigenvalue weighted by Crippen LogP contribution is 2.45. The molecular formula is C22H22F2N8O. The van der Waals surface area contributed by atoms with Gasteiger partial charge in [0.1, 0.15) is 17.3 Å². The van der Waals surface area contributed by atoms with Crippen LogP contribution < -0.4 is 20.7 Å². The van der Waals surface area contributed by atoms with Crippen molar-refractivity contribution in [1.29, 1.82) is 0 Å². The van der Waals surface area contributed by atoms with E-state index in [1.54, 1.807) is 14.0 Å². The molecule has 4 heterocycles. The molecule has 0 amide bonds. The van der Waals surface area contributed by atoms with E-state index in [2.05, 4.69) is 35.1 Å². The summed E-state index contributed by atoms with van der Waals surface area (Å²) in [5.74, 6) is 0.389. The van der Waals surface area contributed by atoms with Gasteiger partial charge in [-0.3, -0.25) is 0 Å². The SMILES string of the molecule is CNc1cc(F)c(F)c2c1[nH]c1nc(Oc3cnc(C)nc3)nc(N3CC4C[C@H](N)C4C3)c12. The zero-order chi connectivity index (χ0) is 22.9. The molecule has 0 radical (unpaired) electrons. The van der Waals surface area contributed by atoms with Gasteiger partial charge >= 0.3 is 6.01 Å². The molecule has 4 aromatic rings. The Bertz CT molecular complexity index is 1390. The number of aromatic amines is 1. The highest BCUT2D eigenvalue weighted by atomic mass is 19.2. The molecule has 9 nitrogen and oxygen atoms in total. The molecule has 2 fully saturated rings. The van der Waals surface area contributed by atoms with Gasteiger partial charge in [-0.1, -0.05) is 0 Å². The zero-order valence-electron chi connectivity index (χ0n) is 18.1. The van der Waals surface area contributed by atoms with Crippen molar-refractivity contribution in [3.05, 3.63) is 35.9 Å². The third kappa shape index (κ3) is 3.06. The molecule has 3 aromatic heterocycles. The molecule has 0 spiro atoms.